The van der Waals surface area contributed by atoms with Gasteiger partial charge in [0.05, 0.1) is 13.1 Å². The van der Waals surface area contributed by atoms with Gasteiger partial charge in [0, 0.05) is 6.54 Å². The first-order chi connectivity index (χ1) is 14.2. The Hall–Kier alpha value is -3.78. The molecule has 2 unspecified atom stereocenters. The maximum atomic E-state index is 12.5. The van der Waals surface area contributed by atoms with Gasteiger partial charge in [-0.15, -0.1) is 10.2 Å². The molecule has 1 aromatic rings. The average Bonchev–Trinajstić information content (AvgIpc) is 3.37. The monoisotopic (exact) mass is 425 g/mol. The fraction of sp³-hybridized carbons (Fsp3) is 0.600. The zero-order valence-electron chi connectivity index (χ0n) is 16.3. The van der Waals surface area contributed by atoms with Crippen LogP contribution in [0.4, 0.5) is 9.59 Å². The molecule has 1 aliphatic rings. The van der Waals surface area contributed by atoms with Crippen LogP contribution in [-0.4, -0.2) is 85.6 Å². The Labute approximate surface area is 170 Å². The average molecular weight is 425 g/mol. The van der Waals surface area contributed by atoms with Crippen molar-refractivity contribution in [2.45, 2.75) is 38.9 Å². The van der Waals surface area contributed by atoms with Crippen LogP contribution in [-0.2, 0) is 20.9 Å². The minimum atomic E-state index is -1.38. The first-order valence-corrected chi connectivity index (χ1v) is 9.11. The minimum absolute atomic E-state index is 0.0593. The van der Waals surface area contributed by atoms with Gasteiger partial charge in [0.25, 0.3) is 5.91 Å². The highest BCUT2D eigenvalue weighted by molar-refractivity contribution is 6.03. The van der Waals surface area contributed by atoms with Crippen LogP contribution in [0.1, 0.15) is 26.1 Å². The number of tetrazole rings is 1. The van der Waals surface area contributed by atoms with E-state index in [9.17, 15) is 24.0 Å². The molecule has 164 valence electrons. The zero-order valence-corrected chi connectivity index (χ0v) is 16.3. The number of nitrogens with one attached hydrogen (secondary N) is 5. The summed E-state index contributed by atoms with van der Waals surface area (Å²) in [5.74, 6) is -2.26. The molecule has 0 radical (unpaired) electrons. The van der Waals surface area contributed by atoms with Gasteiger partial charge in [-0.2, -0.15) is 5.21 Å². The Kier molecular flexibility index (Phi) is 7.60. The molecule has 1 saturated heterocycles. The van der Waals surface area contributed by atoms with Gasteiger partial charge in [-0.1, -0.05) is 25.5 Å². The highest BCUT2D eigenvalue weighted by atomic mass is 16.4. The zero-order chi connectivity index (χ0) is 22.3. The lowest BCUT2D eigenvalue weighted by atomic mass is 9.98. The number of hydrogen-bond acceptors (Lipinski definition) is 8. The number of carbonyl (C=O) groups is 5. The van der Waals surface area contributed by atoms with Gasteiger partial charge in [-0.3, -0.25) is 14.4 Å². The van der Waals surface area contributed by atoms with Gasteiger partial charge in [0.15, 0.2) is 5.82 Å². The molecule has 0 saturated carbocycles. The first kappa shape index (κ1) is 22.5. The van der Waals surface area contributed by atoms with Crippen molar-refractivity contribution < 1.29 is 29.1 Å². The largest absolute Gasteiger partial charge is 0.465 e. The lowest BCUT2D eigenvalue weighted by Crippen LogP contribution is -2.54. The van der Waals surface area contributed by atoms with Gasteiger partial charge < -0.3 is 26.4 Å². The van der Waals surface area contributed by atoms with Crippen molar-refractivity contribution in [2.75, 3.05) is 13.1 Å². The third-order valence-corrected chi connectivity index (χ3v) is 4.55. The van der Waals surface area contributed by atoms with Crippen molar-refractivity contribution >= 4 is 29.8 Å². The van der Waals surface area contributed by atoms with Crippen LogP contribution in [0.5, 0.6) is 0 Å². The lowest BCUT2D eigenvalue weighted by Gasteiger charge is -2.23. The second-order valence-electron chi connectivity index (χ2n) is 6.54. The molecule has 6 amide bonds. The maximum Gasteiger partial charge on any atom is 0.405 e. The van der Waals surface area contributed by atoms with E-state index < -0.39 is 48.5 Å². The van der Waals surface area contributed by atoms with Gasteiger partial charge in [-0.05, 0) is 5.92 Å². The van der Waals surface area contributed by atoms with Crippen molar-refractivity contribution in [3.63, 3.8) is 0 Å². The predicted octanol–water partition coefficient (Wildman–Crippen LogP) is -2.47. The quantitative estimate of drug-likeness (QED) is 0.247. The molecule has 15 nitrogen and oxygen atoms in total. The number of H-pyrrole nitrogens is 1. The molecule has 6 N–H and O–H groups in total. The molecule has 2 rings (SSSR count). The smallest absolute Gasteiger partial charge is 0.405 e. The van der Waals surface area contributed by atoms with Crippen molar-refractivity contribution in [3.05, 3.63) is 5.82 Å². The number of aromatic amines is 1. The molecule has 1 aromatic heterocycles. The number of carboxylic acid groups (broad SMARTS) is 1. The van der Waals surface area contributed by atoms with E-state index >= 15 is 0 Å². The third-order valence-electron chi connectivity index (χ3n) is 4.55. The summed E-state index contributed by atoms with van der Waals surface area (Å²) in [5.41, 5.74) is 0. The number of nitrogens with zero attached hydrogens (tertiary/aromatic N) is 4. The van der Waals surface area contributed by atoms with E-state index in [0.717, 1.165) is 0 Å². The Morgan fingerprint density at radius 1 is 1.30 bits per heavy atom. The fourth-order valence-electron chi connectivity index (χ4n) is 2.73. The van der Waals surface area contributed by atoms with E-state index in [0.29, 0.717) is 11.3 Å². The number of rotatable bonds is 9. The Morgan fingerprint density at radius 2 is 2.03 bits per heavy atom. The SMILES string of the molecule is CCC(C)C(NC(=O)O)C(=O)NCC(=O)N1C(=O)NC[C@H]1C(=O)NCc1nn[nH]n1. The summed E-state index contributed by atoms with van der Waals surface area (Å²) >= 11 is 0. The van der Waals surface area contributed by atoms with E-state index in [1.165, 1.54) is 0 Å². The Morgan fingerprint density at radius 3 is 2.63 bits per heavy atom. The molecule has 0 aliphatic carbocycles. The molecule has 1 fully saturated rings. The highest BCUT2D eigenvalue weighted by Crippen LogP contribution is 2.10. The number of urea groups is 1. The molecular formula is C15H23N9O6. The lowest BCUT2D eigenvalue weighted by molar-refractivity contribution is -0.136. The summed E-state index contributed by atoms with van der Waals surface area (Å²) in [5, 5.41) is 31.1. The molecule has 15 heteroatoms. The predicted molar refractivity (Wildman–Crippen MR) is 97.5 cm³/mol. The second-order valence-corrected chi connectivity index (χ2v) is 6.54. The summed E-state index contributed by atoms with van der Waals surface area (Å²) in [6.07, 6.45) is -0.859. The summed E-state index contributed by atoms with van der Waals surface area (Å²) in [7, 11) is 0. The van der Waals surface area contributed by atoms with E-state index in [1.54, 1.807) is 13.8 Å². The van der Waals surface area contributed by atoms with E-state index in [1.807, 2.05) is 0 Å². The Balaban J connectivity index is 1.95. The molecule has 3 atom stereocenters. The van der Waals surface area contributed by atoms with Crippen LogP contribution in [0.15, 0.2) is 0 Å². The van der Waals surface area contributed by atoms with Gasteiger partial charge in [0.1, 0.15) is 12.1 Å². The topological polar surface area (TPSA) is 211 Å². The van der Waals surface area contributed by atoms with Crippen LogP contribution in [0, 0.1) is 5.92 Å². The molecule has 30 heavy (non-hydrogen) atoms. The molecule has 0 spiro atoms. The van der Waals surface area contributed by atoms with Crippen LogP contribution in [0.2, 0.25) is 0 Å². The number of aromatic nitrogens is 4. The van der Waals surface area contributed by atoms with Crippen molar-refractivity contribution in [1.82, 2.24) is 46.8 Å². The second kappa shape index (κ2) is 10.1. The summed E-state index contributed by atoms with van der Waals surface area (Å²) in [4.78, 5) is 60.8. The highest BCUT2D eigenvalue weighted by Gasteiger charge is 2.40. The standard InChI is InChI=1S/C15H23N9O6/c1-3-7(2)11(19-15(29)30)13(27)17-6-10(25)24-8(4-18-14(24)28)12(26)16-5-9-20-22-23-21-9/h7-8,11,19H,3-6H2,1-2H3,(H,16,26)(H,17,27)(H,18,28)(H,29,30)(H,20,21,22,23)/t7?,8-,11?/m0/s1. The maximum absolute atomic E-state index is 12.5. The molecule has 1 aliphatic heterocycles. The van der Waals surface area contributed by atoms with Crippen LogP contribution in [0.3, 0.4) is 0 Å². The third kappa shape index (κ3) is 5.62. The number of amides is 6. The Bertz CT molecular complexity index is 799. The fourth-order valence-corrected chi connectivity index (χ4v) is 2.73. The summed E-state index contributed by atoms with van der Waals surface area (Å²) < 4.78 is 0. The van der Waals surface area contributed by atoms with Gasteiger partial charge >= 0.3 is 12.1 Å². The molecular weight excluding hydrogens is 402 g/mol. The summed E-state index contributed by atoms with van der Waals surface area (Å²) in [6, 6.07) is -2.98. The first-order valence-electron chi connectivity index (χ1n) is 9.11. The van der Waals surface area contributed by atoms with Crippen molar-refractivity contribution in [3.8, 4) is 0 Å². The van der Waals surface area contributed by atoms with E-state index in [2.05, 4.69) is 41.9 Å². The van der Waals surface area contributed by atoms with Crippen LogP contribution < -0.4 is 21.3 Å². The van der Waals surface area contributed by atoms with Crippen LogP contribution >= 0.6 is 0 Å². The van der Waals surface area contributed by atoms with Gasteiger partial charge in [-0.25, -0.2) is 14.5 Å². The number of hydrogen-bond donors (Lipinski definition) is 6. The molecule has 2 heterocycles. The molecule has 0 aromatic carbocycles. The van der Waals surface area contributed by atoms with E-state index in [4.69, 9.17) is 5.11 Å². The minimum Gasteiger partial charge on any atom is -0.465 e. The number of carbonyl (C=O) groups excluding carboxylic acids is 4. The van der Waals surface area contributed by atoms with Crippen molar-refractivity contribution in [1.29, 1.82) is 0 Å². The van der Waals surface area contributed by atoms with Crippen molar-refractivity contribution in [2.24, 2.45) is 5.92 Å². The number of imide groups is 1. The van der Waals surface area contributed by atoms with Crippen LogP contribution in [0.25, 0.3) is 0 Å². The normalized spacial score (nSPS) is 17.6. The summed E-state index contributed by atoms with van der Waals surface area (Å²) in [6.45, 7) is 2.71. The van der Waals surface area contributed by atoms with E-state index in [-0.39, 0.29) is 24.8 Å². The molecule has 0 bridgehead atoms. The van der Waals surface area contributed by atoms with Gasteiger partial charge in [0.2, 0.25) is 11.8 Å².